The number of amides is 2. The first-order chi connectivity index (χ1) is 21.7. The maximum atomic E-state index is 13.6. The lowest BCUT2D eigenvalue weighted by molar-refractivity contribution is 0.0921. The molecule has 0 aliphatic carbocycles. The summed E-state index contributed by atoms with van der Waals surface area (Å²) >= 11 is 18.4. The van der Waals surface area contributed by atoms with Crippen molar-refractivity contribution in [2.75, 3.05) is 13.1 Å². The van der Waals surface area contributed by atoms with Gasteiger partial charge in [0, 0.05) is 63.1 Å². The van der Waals surface area contributed by atoms with Crippen LogP contribution in [0.2, 0.25) is 15.1 Å². The van der Waals surface area contributed by atoms with Crippen molar-refractivity contribution < 1.29 is 18.4 Å². The van der Waals surface area contributed by atoms with Gasteiger partial charge in [0.05, 0.1) is 11.0 Å². The largest absolute Gasteiger partial charge is 0.349 e. The molecule has 0 atom stereocenters. The third kappa shape index (κ3) is 5.33. The van der Waals surface area contributed by atoms with Crippen LogP contribution < -0.4 is 10.6 Å². The van der Waals surface area contributed by atoms with E-state index >= 15 is 0 Å². The first kappa shape index (κ1) is 29.3. The van der Waals surface area contributed by atoms with Gasteiger partial charge in [-0.05, 0) is 71.8 Å². The fraction of sp³-hybridized carbons (Fsp3) is 0.118. The van der Waals surface area contributed by atoms with E-state index in [0.717, 1.165) is 51.6 Å². The molecule has 0 radical (unpaired) electrons. The van der Waals surface area contributed by atoms with Crippen molar-refractivity contribution in [2.45, 2.75) is 13.1 Å². The molecule has 0 bridgehead atoms. The van der Waals surface area contributed by atoms with E-state index in [1.165, 1.54) is 6.07 Å². The maximum Gasteiger partial charge on any atom is 0.268 e. The molecular weight excluding hydrogens is 641 g/mol. The molecule has 4 heterocycles. The zero-order valence-electron chi connectivity index (χ0n) is 23.4. The smallest absolute Gasteiger partial charge is 0.268 e. The molecule has 2 aliphatic heterocycles. The van der Waals surface area contributed by atoms with Crippen LogP contribution in [0.1, 0.15) is 21.0 Å². The number of aromatic nitrogens is 2. The van der Waals surface area contributed by atoms with Crippen LogP contribution in [-0.4, -0.2) is 34.0 Å². The van der Waals surface area contributed by atoms with Gasteiger partial charge in [-0.15, -0.1) is 0 Å². The summed E-state index contributed by atoms with van der Waals surface area (Å²) in [4.78, 5) is 24.1. The molecular formula is C34H23Cl3F2N4O2. The highest BCUT2D eigenvalue weighted by Gasteiger charge is 2.23. The minimum absolute atomic E-state index is 0.0411. The first-order valence-corrected chi connectivity index (χ1v) is 15.2. The number of carbonyl (C=O) groups is 2. The fourth-order valence-corrected chi connectivity index (χ4v) is 6.65. The monoisotopic (exact) mass is 662 g/mol. The Morgan fingerprint density at radius 1 is 0.556 bits per heavy atom. The molecule has 2 aliphatic rings. The van der Waals surface area contributed by atoms with Gasteiger partial charge in [0.25, 0.3) is 11.8 Å². The Bertz CT molecular complexity index is 2170. The number of benzene rings is 4. The zero-order valence-corrected chi connectivity index (χ0v) is 25.7. The van der Waals surface area contributed by atoms with E-state index in [-0.39, 0.29) is 11.8 Å². The second-order valence-electron chi connectivity index (χ2n) is 10.8. The number of rotatable bonds is 2. The molecule has 2 aromatic heterocycles. The number of hydrogen-bond acceptors (Lipinski definition) is 2. The van der Waals surface area contributed by atoms with Crippen LogP contribution in [-0.2, 0) is 13.1 Å². The minimum Gasteiger partial charge on any atom is -0.349 e. The molecule has 0 unspecified atom stereocenters. The number of nitrogens with zero attached hydrogens (tertiary/aromatic N) is 2. The second kappa shape index (κ2) is 11.5. The van der Waals surface area contributed by atoms with Crippen LogP contribution >= 0.6 is 34.8 Å². The Morgan fingerprint density at radius 2 is 1.04 bits per heavy atom. The van der Waals surface area contributed by atoms with Crippen LogP contribution in [0.4, 0.5) is 8.78 Å². The normalized spacial score (nSPS) is 14.0. The molecule has 4 aromatic carbocycles. The predicted octanol–water partition coefficient (Wildman–Crippen LogP) is 8.34. The summed E-state index contributed by atoms with van der Waals surface area (Å²) in [5.74, 6) is -2.01. The fourth-order valence-electron chi connectivity index (χ4n) is 6.07. The molecule has 0 fully saturated rings. The average molecular weight is 664 g/mol. The molecule has 6 aromatic rings. The zero-order chi connectivity index (χ0) is 31.4. The minimum atomic E-state index is -0.918. The Morgan fingerprint density at radius 3 is 1.56 bits per heavy atom. The van der Waals surface area contributed by atoms with E-state index in [4.69, 9.17) is 34.8 Å². The lowest BCUT2D eigenvalue weighted by Crippen LogP contribution is -2.34. The molecule has 0 saturated heterocycles. The average Bonchev–Trinajstić information content (AvgIpc) is 3.58. The summed E-state index contributed by atoms with van der Waals surface area (Å²) in [6.07, 6.45) is 0. The standard InChI is InChI=1S/C17H12Cl2N2O.C17H11ClF2N2O/c18-12-3-1-10(2-4-12)14-9-13(19)7-11-8-15-17(22)20-5-6-21(15)16(11)14;18-11-5-10-7-15-17(23)21-3-4-22(15)16(10)12(8-11)9-1-2-13(19)14(20)6-9/h1-4,7-9H,5-6H2,(H,20,22);1-2,5-8H,3-4H2,(H,21,23). The molecule has 226 valence electrons. The summed E-state index contributed by atoms with van der Waals surface area (Å²) < 4.78 is 30.8. The third-order valence-electron chi connectivity index (χ3n) is 8.01. The van der Waals surface area contributed by atoms with Crippen LogP contribution in [0.3, 0.4) is 0 Å². The highest BCUT2D eigenvalue weighted by Crippen LogP contribution is 2.37. The second-order valence-corrected chi connectivity index (χ2v) is 12.1. The number of hydrogen-bond donors (Lipinski definition) is 2. The van der Waals surface area contributed by atoms with Crippen LogP contribution in [0.15, 0.2) is 78.9 Å². The van der Waals surface area contributed by atoms with Gasteiger partial charge in [-0.25, -0.2) is 8.78 Å². The number of carbonyl (C=O) groups excluding carboxylic acids is 2. The molecule has 11 heteroatoms. The summed E-state index contributed by atoms with van der Waals surface area (Å²) in [5.41, 5.74) is 6.29. The lowest BCUT2D eigenvalue weighted by atomic mass is 10.0. The van der Waals surface area contributed by atoms with E-state index in [2.05, 4.69) is 15.2 Å². The lowest BCUT2D eigenvalue weighted by Gasteiger charge is -2.18. The molecule has 45 heavy (non-hydrogen) atoms. The summed E-state index contributed by atoms with van der Waals surface area (Å²) in [7, 11) is 0. The van der Waals surface area contributed by atoms with Gasteiger partial charge >= 0.3 is 0 Å². The highest BCUT2D eigenvalue weighted by molar-refractivity contribution is 6.32. The highest BCUT2D eigenvalue weighted by atomic mass is 35.5. The van der Waals surface area contributed by atoms with Crippen molar-refractivity contribution in [3.05, 3.63) is 117 Å². The molecule has 2 amide bonds. The van der Waals surface area contributed by atoms with E-state index in [0.29, 0.717) is 57.2 Å². The summed E-state index contributed by atoms with van der Waals surface area (Å²) in [6.45, 7) is 2.53. The predicted molar refractivity (Wildman–Crippen MR) is 174 cm³/mol. The van der Waals surface area contributed by atoms with Crippen LogP contribution in [0.5, 0.6) is 0 Å². The van der Waals surface area contributed by atoms with Crippen LogP contribution in [0, 0.1) is 11.6 Å². The van der Waals surface area contributed by atoms with Crippen LogP contribution in [0.25, 0.3) is 44.1 Å². The van der Waals surface area contributed by atoms with Gasteiger partial charge in [0.2, 0.25) is 0 Å². The van der Waals surface area contributed by atoms with Gasteiger partial charge in [0.15, 0.2) is 11.6 Å². The van der Waals surface area contributed by atoms with E-state index < -0.39 is 11.6 Å². The van der Waals surface area contributed by atoms with Crippen molar-refractivity contribution in [1.82, 2.24) is 19.8 Å². The first-order valence-electron chi connectivity index (χ1n) is 14.1. The maximum absolute atomic E-state index is 13.6. The van der Waals surface area contributed by atoms with Crippen molar-refractivity contribution in [1.29, 1.82) is 0 Å². The summed E-state index contributed by atoms with van der Waals surface area (Å²) in [6, 6.07) is 22.4. The Hall–Kier alpha value is -4.37. The van der Waals surface area contributed by atoms with Crippen molar-refractivity contribution >= 4 is 68.4 Å². The van der Waals surface area contributed by atoms with Crippen molar-refractivity contribution in [3.8, 4) is 22.3 Å². The SMILES string of the molecule is O=C1NCCn2c1cc1cc(Cl)cc(-c3ccc(Cl)cc3)c12.O=C1NCCn2c1cc1cc(Cl)cc(-c3ccc(F)c(F)c3)c12. The Balaban J connectivity index is 0.000000145. The van der Waals surface area contributed by atoms with E-state index in [1.807, 2.05) is 47.0 Å². The van der Waals surface area contributed by atoms with Gasteiger partial charge in [-0.1, -0.05) is 53.0 Å². The Labute approximate surface area is 271 Å². The third-order valence-corrected chi connectivity index (χ3v) is 8.70. The van der Waals surface area contributed by atoms with E-state index in [9.17, 15) is 18.4 Å². The number of halogens is 5. The molecule has 8 rings (SSSR count). The number of fused-ring (bicyclic) bond motifs is 6. The molecule has 0 saturated carbocycles. The van der Waals surface area contributed by atoms with Gasteiger partial charge < -0.3 is 19.8 Å². The van der Waals surface area contributed by atoms with Crippen molar-refractivity contribution in [3.63, 3.8) is 0 Å². The topological polar surface area (TPSA) is 68.1 Å². The van der Waals surface area contributed by atoms with Gasteiger partial charge in [0.1, 0.15) is 11.4 Å². The van der Waals surface area contributed by atoms with E-state index in [1.54, 1.807) is 18.2 Å². The Kier molecular flexibility index (Phi) is 7.52. The molecule has 6 nitrogen and oxygen atoms in total. The number of nitrogens with one attached hydrogen (secondary N) is 2. The molecule has 0 spiro atoms. The van der Waals surface area contributed by atoms with Gasteiger partial charge in [-0.2, -0.15) is 0 Å². The van der Waals surface area contributed by atoms with Crippen molar-refractivity contribution in [2.24, 2.45) is 0 Å². The molecule has 2 N–H and O–H groups in total. The van der Waals surface area contributed by atoms with Gasteiger partial charge in [-0.3, -0.25) is 9.59 Å². The summed E-state index contributed by atoms with van der Waals surface area (Å²) in [5, 5.41) is 9.25. The quantitative estimate of drug-likeness (QED) is 0.196.